The van der Waals surface area contributed by atoms with E-state index in [2.05, 4.69) is 20.6 Å². The lowest BCUT2D eigenvalue weighted by molar-refractivity contribution is -0.123. The predicted octanol–water partition coefficient (Wildman–Crippen LogP) is 6.51. The number of esters is 1. The van der Waals surface area contributed by atoms with Crippen molar-refractivity contribution in [1.82, 2.24) is 19.8 Å². The van der Waals surface area contributed by atoms with Gasteiger partial charge in [-0.25, -0.2) is 19.6 Å². The number of fused-ring (bicyclic) bond motifs is 4. The number of carboxylic acids is 1. The second-order valence-corrected chi connectivity index (χ2v) is 15.6. The number of piperidine rings is 2. The van der Waals surface area contributed by atoms with Crippen molar-refractivity contribution < 1.29 is 38.6 Å². The number of nitrogens with zero attached hydrogens (tertiary/aromatic N) is 4. The van der Waals surface area contributed by atoms with Crippen LogP contribution in [0.1, 0.15) is 78.5 Å². The smallest absolute Gasteiger partial charge is 0.337 e. The molecule has 0 saturated carbocycles. The Balaban J connectivity index is 0.000000174. The number of pyridine rings is 2. The largest absolute Gasteiger partial charge is 0.478 e. The molecule has 4 aromatic rings. The van der Waals surface area contributed by atoms with Gasteiger partial charge in [-0.2, -0.15) is 0 Å². The van der Waals surface area contributed by atoms with E-state index in [0.29, 0.717) is 84.4 Å². The van der Waals surface area contributed by atoms with Crippen molar-refractivity contribution in [1.29, 1.82) is 0 Å². The van der Waals surface area contributed by atoms with Crippen LogP contribution in [0.2, 0.25) is 20.1 Å². The van der Waals surface area contributed by atoms with Crippen molar-refractivity contribution in [3.05, 3.63) is 115 Å². The number of aromatic nitrogens is 2. The minimum Gasteiger partial charge on any atom is -0.478 e. The molecule has 0 bridgehead atoms. The van der Waals surface area contributed by atoms with Crippen LogP contribution in [0.3, 0.4) is 0 Å². The second kappa shape index (κ2) is 15.6. The van der Waals surface area contributed by atoms with Crippen molar-refractivity contribution in [2.45, 2.75) is 36.5 Å². The van der Waals surface area contributed by atoms with Crippen molar-refractivity contribution in [3.63, 3.8) is 0 Å². The van der Waals surface area contributed by atoms with Gasteiger partial charge in [0, 0.05) is 49.9 Å². The fraction of sp³-hybridized carbons (Fsp3) is 0.282. The maximum atomic E-state index is 12.8. The average molecular weight is 855 g/mol. The number of likely N-dealkylation sites (tertiary alicyclic amines) is 2. The number of hydrogen-bond acceptors (Lipinski definition) is 9. The molecule has 8 rings (SSSR count). The molecule has 4 aliphatic heterocycles. The van der Waals surface area contributed by atoms with E-state index in [1.54, 1.807) is 40.1 Å². The minimum absolute atomic E-state index is 0.117. The third kappa shape index (κ3) is 7.27. The summed E-state index contributed by atoms with van der Waals surface area (Å²) in [5.41, 5.74) is 1.89. The van der Waals surface area contributed by atoms with Gasteiger partial charge in [-0.05, 0) is 85.3 Å². The summed E-state index contributed by atoms with van der Waals surface area (Å²) in [6.07, 6.45) is 4.35. The van der Waals surface area contributed by atoms with E-state index >= 15 is 0 Å². The van der Waals surface area contributed by atoms with Gasteiger partial charge in [-0.3, -0.25) is 19.2 Å². The van der Waals surface area contributed by atoms with Gasteiger partial charge >= 0.3 is 11.9 Å². The molecule has 4 amide bonds. The van der Waals surface area contributed by atoms with Gasteiger partial charge in [-0.15, -0.1) is 0 Å². The van der Waals surface area contributed by atoms with Crippen LogP contribution in [0, 0.1) is 0 Å². The fourth-order valence-corrected chi connectivity index (χ4v) is 8.75. The number of nitrogens with one attached hydrogen (secondary N) is 2. The number of amides is 4. The Kier molecular flexibility index (Phi) is 10.9. The number of rotatable bonds is 4. The number of ether oxygens (including phenoxy) is 1. The molecule has 6 heterocycles. The average Bonchev–Trinajstić information content (AvgIpc) is 3.62. The Labute approximate surface area is 345 Å². The number of methoxy groups -OCH3 is 1. The topological polar surface area (TPSA) is 188 Å². The van der Waals surface area contributed by atoms with Gasteiger partial charge in [-0.1, -0.05) is 46.4 Å². The molecule has 2 aromatic heterocycles. The number of aromatic carboxylic acids is 1. The quantitative estimate of drug-likeness (QED) is 0.191. The van der Waals surface area contributed by atoms with Gasteiger partial charge < -0.3 is 30.3 Å². The summed E-state index contributed by atoms with van der Waals surface area (Å²) in [6.45, 7) is 1.36. The Hall–Kier alpha value is -5.28. The number of anilines is 2. The van der Waals surface area contributed by atoms with E-state index in [1.165, 1.54) is 37.7 Å². The molecule has 3 N–H and O–H groups in total. The summed E-state index contributed by atoms with van der Waals surface area (Å²) in [4.78, 5) is 85.6. The highest BCUT2D eigenvalue weighted by atomic mass is 35.5. The lowest BCUT2D eigenvalue weighted by atomic mass is 9.73. The first-order valence-electron chi connectivity index (χ1n) is 17.6. The highest BCUT2D eigenvalue weighted by molar-refractivity contribution is 6.37. The van der Waals surface area contributed by atoms with E-state index in [9.17, 15) is 33.9 Å². The van der Waals surface area contributed by atoms with Gasteiger partial charge in [0.2, 0.25) is 11.8 Å². The zero-order valence-electron chi connectivity index (χ0n) is 30.0. The van der Waals surface area contributed by atoms with Crippen LogP contribution >= 0.6 is 46.4 Å². The van der Waals surface area contributed by atoms with Crippen LogP contribution < -0.4 is 10.6 Å². The molecule has 0 unspecified atom stereocenters. The number of hydrogen-bond donors (Lipinski definition) is 3. The van der Waals surface area contributed by atoms with Crippen molar-refractivity contribution in [2.75, 3.05) is 43.9 Å². The first-order valence-corrected chi connectivity index (χ1v) is 19.1. The summed E-state index contributed by atoms with van der Waals surface area (Å²) < 4.78 is 4.79. The van der Waals surface area contributed by atoms with Crippen molar-refractivity contribution in [2.24, 2.45) is 0 Å². The third-order valence-corrected chi connectivity index (χ3v) is 11.9. The summed E-state index contributed by atoms with van der Waals surface area (Å²) in [5.74, 6) is -2.42. The Morgan fingerprint density at radius 3 is 1.46 bits per heavy atom. The molecule has 14 nitrogen and oxygen atoms in total. The Morgan fingerprint density at radius 2 is 1.07 bits per heavy atom. The van der Waals surface area contributed by atoms with E-state index in [1.807, 2.05) is 0 Å². The number of carbonyl (C=O) groups is 6. The first kappa shape index (κ1) is 39.9. The van der Waals surface area contributed by atoms with Crippen LogP contribution in [-0.2, 0) is 25.2 Å². The molecule has 2 aromatic carbocycles. The van der Waals surface area contributed by atoms with Crippen LogP contribution in [0.15, 0.2) is 60.9 Å². The van der Waals surface area contributed by atoms with Gasteiger partial charge in [0.25, 0.3) is 11.8 Å². The van der Waals surface area contributed by atoms with E-state index in [0.717, 1.165) is 5.56 Å². The summed E-state index contributed by atoms with van der Waals surface area (Å²) in [5, 5.41) is 16.0. The molecular weight excluding hydrogens is 822 g/mol. The van der Waals surface area contributed by atoms with E-state index in [-0.39, 0.29) is 50.6 Å². The molecule has 0 atom stereocenters. The fourth-order valence-electron chi connectivity index (χ4n) is 7.82. The van der Waals surface area contributed by atoms with E-state index < -0.39 is 22.8 Å². The molecule has 2 fully saturated rings. The standard InChI is InChI=1S/C20H17Cl2N3O4.C19H15Cl2N3O4/c1-29-18(27)11-2-3-15-13(8-11)20(19(28)24-15)4-6-25(7-5-20)17(26)16-14(22)9-12(21)10-23-16;20-11-8-13(21)15(22-9-11)16(25)24-5-3-19(4-6-24)12-7-10(17(26)27)1-2-14(12)23-18(19)28/h2-3,8-10H,4-7H2,1H3,(H,24,28);1-2,7-9H,3-6H2,(H,23,28)(H,26,27). The first-order chi connectivity index (χ1) is 27.2. The lowest BCUT2D eigenvalue weighted by Crippen LogP contribution is -2.48. The molecule has 57 heavy (non-hydrogen) atoms. The van der Waals surface area contributed by atoms with Crippen molar-refractivity contribution >= 4 is 93.3 Å². The molecule has 2 spiro atoms. The summed E-state index contributed by atoms with van der Waals surface area (Å²) in [7, 11) is 1.31. The third-order valence-electron chi connectivity index (χ3n) is 10.9. The van der Waals surface area contributed by atoms with Crippen LogP contribution in [0.25, 0.3) is 0 Å². The van der Waals surface area contributed by atoms with Crippen LogP contribution in [-0.4, -0.2) is 93.7 Å². The molecule has 0 radical (unpaired) electrons. The molecule has 4 aliphatic rings. The maximum absolute atomic E-state index is 12.8. The van der Waals surface area contributed by atoms with Crippen LogP contribution in [0.4, 0.5) is 11.4 Å². The normalized spacial score (nSPS) is 17.2. The van der Waals surface area contributed by atoms with Gasteiger partial charge in [0.1, 0.15) is 11.4 Å². The highest BCUT2D eigenvalue weighted by Crippen LogP contribution is 2.47. The molecule has 0 aliphatic carbocycles. The predicted molar refractivity (Wildman–Crippen MR) is 211 cm³/mol. The second-order valence-electron chi connectivity index (χ2n) is 13.9. The Bertz CT molecular complexity index is 2380. The SMILES string of the molecule is COC(=O)c1ccc2c(c1)C1(CCN(C(=O)c3ncc(Cl)cc3Cl)CC1)C(=O)N2.O=C(O)c1ccc2c(c1)C1(CCN(C(=O)c3ncc(Cl)cc3Cl)CC1)C(=O)N2. The molecule has 2 saturated heterocycles. The number of halogens is 4. The lowest BCUT2D eigenvalue weighted by Gasteiger charge is -2.38. The maximum Gasteiger partial charge on any atom is 0.337 e. The zero-order valence-corrected chi connectivity index (χ0v) is 33.1. The molecule has 18 heteroatoms. The number of benzene rings is 2. The zero-order chi connectivity index (χ0) is 40.8. The molecular formula is C39H32Cl4N6O8. The summed E-state index contributed by atoms with van der Waals surface area (Å²) >= 11 is 23.9. The monoisotopic (exact) mass is 852 g/mol. The minimum atomic E-state index is -1.05. The highest BCUT2D eigenvalue weighted by Gasteiger charge is 2.51. The molecule has 294 valence electrons. The van der Waals surface area contributed by atoms with Gasteiger partial charge in [0.05, 0.1) is 49.2 Å². The van der Waals surface area contributed by atoms with Crippen molar-refractivity contribution in [3.8, 4) is 0 Å². The van der Waals surface area contributed by atoms with E-state index in [4.69, 9.17) is 51.1 Å². The Morgan fingerprint density at radius 1 is 0.667 bits per heavy atom. The summed E-state index contributed by atoms with van der Waals surface area (Å²) in [6, 6.07) is 12.6. The van der Waals surface area contributed by atoms with Gasteiger partial charge in [0.15, 0.2) is 0 Å². The number of carbonyl (C=O) groups excluding carboxylic acids is 5. The number of carboxylic acid groups (broad SMARTS) is 1. The van der Waals surface area contributed by atoms with Crippen LogP contribution in [0.5, 0.6) is 0 Å².